The van der Waals surface area contributed by atoms with E-state index in [2.05, 4.69) is 26.0 Å². The Morgan fingerprint density at radius 2 is 2.08 bits per heavy atom. The van der Waals surface area contributed by atoms with Gasteiger partial charge in [0.25, 0.3) is 0 Å². The van der Waals surface area contributed by atoms with E-state index in [-0.39, 0.29) is 5.95 Å². The number of nitriles is 1. The number of fused-ring (bicyclic) bond motifs is 1. The summed E-state index contributed by atoms with van der Waals surface area (Å²) in [4.78, 5) is 10.7. The van der Waals surface area contributed by atoms with Crippen LogP contribution in [0.2, 0.25) is 0 Å². The van der Waals surface area contributed by atoms with Crippen molar-refractivity contribution in [3.8, 4) is 11.8 Å². The van der Waals surface area contributed by atoms with E-state index in [9.17, 15) is 5.26 Å². The number of benzene rings is 1. The maximum atomic E-state index is 9.22. The molecule has 1 fully saturated rings. The van der Waals surface area contributed by atoms with Gasteiger partial charge >= 0.3 is 0 Å². The van der Waals surface area contributed by atoms with Crippen LogP contribution in [0, 0.1) is 11.3 Å². The topological polar surface area (TPSA) is 105 Å². The Morgan fingerprint density at radius 3 is 2.72 bits per heavy atom. The van der Waals surface area contributed by atoms with Crippen molar-refractivity contribution >= 4 is 17.5 Å². The lowest BCUT2D eigenvalue weighted by Crippen LogP contribution is -2.29. The molecule has 2 N–H and O–H groups in total. The third kappa shape index (κ3) is 2.80. The molecule has 1 aromatic carbocycles. The minimum atomic E-state index is 0.139. The van der Waals surface area contributed by atoms with Crippen molar-refractivity contribution in [2.45, 2.75) is 25.4 Å². The van der Waals surface area contributed by atoms with E-state index < -0.39 is 0 Å². The number of aromatic nitrogens is 4. The molecule has 2 aromatic heterocycles. The van der Waals surface area contributed by atoms with Crippen LogP contribution >= 0.6 is 0 Å². The summed E-state index contributed by atoms with van der Waals surface area (Å²) in [5.74, 6) is 1.57. The molecule has 1 saturated carbocycles. The second-order valence-corrected chi connectivity index (χ2v) is 5.99. The van der Waals surface area contributed by atoms with Crippen molar-refractivity contribution in [3.63, 3.8) is 0 Å². The molecule has 8 heteroatoms. The largest absolute Gasteiger partial charge is 0.497 e. The maximum Gasteiger partial charge on any atom is 0.232 e. The summed E-state index contributed by atoms with van der Waals surface area (Å²) in [6, 6.07) is 10.4. The lowest BCUT2D eigenvalue weighted by molar-refractivity contribution is 0.414. The van der Waals surface area contributed by atoms with Crippen LogP contribution < -0.4 is 15.4 Å². The van der Waals surface area contributed by atoms with Gasteiger partial charge in [-0.15, -0.1) is 0 Å². The lowest BCUT2D eigenvalue weighted by Gasteiger charge is -2.24. The van der Waals surface area contributed by atoms with Gasteiger partial charge in [0, 0.05) is 12.6 Å². The van der Waals surface area contributed by atoms with E-state index >= 15 is 0 Å². The molecule has 1 aliphatic carbocycles. The van der Waals surface area contributed by atoms with Gasteiger partial charge in [0.15, 0.2) is 5.65 Å². The molecule has 0 unspecified atom stereocenters. The van der Waals surface area contributed by atoms with E-state index in [0.717, 1.165) is 24.2 Å². The number of rotatable bonds is 5. The summed E-state index contributed by atoms with van der Waals surface area (Å²) in [6.45, 7) is 0.669. The Bertz CT molecular complexity index is 954. The highest BCUT2D eigenvalue weighted by Gasteiger charge is 2.32. The Balaban J connectivity index is 1.75. The quantitative estimate of drug-likeness (QED) is 0.757. The molecular formula is C17H17N7O. The van der Waals surface area contributed by atoms with Crippen molar-refractivity contribution in [2.24, 2.45) is 0 Å². The summed E-state index contributed by atoms with van der Waals surface area (Å²) in [7, 11) is 1.65. The fraction of sp³-hybridized carbons (Fsp3) is 0.294. The van der Waals surface area contributed by atoms with E-state index in [4.69, 9.17) is 10.5 Å². The minimum Gasteiger partial charge on any atom is -0.497 e. The van der Waals surface area contributed by atoms with Gasteiger partial charge in [-0.2, -0.15) is 24.8 Å². The SMILES string of the molecule is COc1ccc(CN(c2nc(N)nc3c(C#N)cnn23)C2CC2)cc1. The number of hydrogen-bond donors (Lipinski definition) is 1. The molecule has 2 heterocycles. The molecule has 4 rings (SSSR count). The summed E-state index contributed by atoms with van der Waals surface area (Å²) in [5.41, 5.74) is 7.83. The molecule has 0 amide bonds. The zero-order chi connectivity index (χ0) is 17.4. The molecule has 1 aliphatic rings. The zero-order valence-corrected chi connectivity index (χ0v) is 13.8. The summed E-state index contributed by atoms with van der Waals surface area (Å²) < 4.78 is 6.81. The first-order valence-electron chi connectivity index (χ1n) is 8.00. The average molecular weight is 335 g/mol. The summed E-state index contributed by atoms with van der Waals surface area (Å²) in [6.07, 6.45) is 3.67. The monoisotopic (exact) mass is 335 g/mol. The second kappa shape index (κ2) is 5.94. The average Bonchev–Trinajstić information content (AvgIpc) is 3.39. The smallest absolute Gasteiger partial charge is 0.232 e. The van der Waals surface area contributed by atoms with Crippen molar-refractivity contribution in [1.82, 2.24) is 19.6 Å². The molecule has 0 spiro atoms. The van der Waals surface area contributed by atoms with Gasteiger partial charge in [-0.25, -0.2) is 0 Å². The summed E-state index contributed by atoms with van der Waals surface area (Å²) in [5, 5.41) is 13.5. The Morgan fingerprint density at radius 1 is 1.32 bits per heavy atom. The fourth-order valence-electron chi connectivity index (χ4n) is 2.82. The molecule has 126 valence electrons. The highest BCUT2D eigenvalue weighted by molar-refractivity contribution is 5.59. The van der Waals surface area contributed by atoms with Crippen LogP contribution in [0.5, 0.6) is 5.75 Å². The Hall–Kier alpha value is -3.34. The third-order valence-corrected chi connectivity index (χ3v) is 4.25. The van der Waals surface area contributed by atoms with Crippen LogP contribution in [0.4, 0.5) is 11.9 Å². The number of nitrogen functional groups attached to an aromatic ring is 1. The van der Waals surface area contributed by atoms with E-state index in [0.29, 0.717) is 29.7 Å². The molecule has 3 aromatic rings. The van der Waals surface area contributed by atoms with Crippen LogP contribution in [0.25, 0.3) is 5.65 Å². The van der Waals surface area contributed by atoms with E-state index in [1.807, 2.05) is 24.3 Å². The van der Waals surface area contributed by atoms with Crippen LogP contribution in [-0.4, -0.2) is 32.7 Å². The van der Waals surface area contributed by atoms with Gasteiger partial charge in [-0.1, -0.05) is 12.1 Å². The predicted molar refractivity (Wildman–Crippen MR) is 92.1 cm³/mol. The lowest BCUT2D eigenvalue weighted by atomic mass is 10.2. The Kier molecular flexibility index (Phi) is 3.61. The maximum absolute atomic E-state index is 9.22. The predicted octanol–water partition coefficient (Wildman–Crippen LogP) is 1.76. The van der Waals surface area contributed by atoms with Gasteiger partial charge in [0.2, 0.25) is 11.9 Å². The zero-order valence-electron chi connectivity index (χ0n) is 13.8. The third-order valence-electron chi connectivity index (χ3n) is 4.25. The molecule has 8 nitrogen and oxygen atoms in total. The number of anilines is 2. The second-order valence-electron chi connectivity index (χ2n) is 5.99. The molecular weight excluding hydrogens is 318 g/mol. The van der Waals surface area contributed by atoms with E-state index in [1.165, 1.54) is 6.20 Å². The first-order chi connectivity index (χ1) is 12.2. The number of hydrogen-bond acceptors (Lipinski definition) is 7. The summed E-state index contributed by atoms with van der Waals surface area (Å²) >= 11 is 0. The molecule has 0 saturated heterocycles. The van der Waals surface area contributed by atoms with Crippen LogP contribution in [0.3, 0.4) is 0 Å². The first kappa shape index (κ1) is 15.2. The first-order valence-corrected chi connectivity index (χ1v) is 8.00. The molecule has 0 atom stereocenters. The minimum absolute atomic E-state index is 0.139. The van der Waals surface area contributed by atoms with E-state index in [1.54, 1.807) is 11.6 Å². The van der Waals surface area contributed by atoms with Gasteiger partial charge < -0.3 is 15.4 Å². The number of nitrogens with zero attached hydrogens (tertiary/aromatic N) is 6. The number of ether oxygens (including phenoxy) is 1. The van der Waals surface area contributed by atoms with Gasteiger partial charge in [-0.3, -0.25) is 0 Å². The molecule has 25 heavy (non-hydrogen) atoms. The van der Waals surface area contributed by atoms with Crippen LogP contribution in [0.1, 0.15) is 24.0 Å². The normalized spacial score (nSPS) is 13.6. The van der Waals surface area contributed by atoms with Crippen LogP contribution in [-0.2, 0) is 6.54 Å². The number of nitrogens with two attached hydrogens (primary N) is 1. The fourth-order valence-corrected chi connectivity index (χ4v) is 2.82. The Labute approximate surface area is 144 Å². The molecule has 0 radical (unpaired) electrons. The highest BCUT2D eigenvalue weighted by Crippen LogP contribution is 2.33. The van der Waals surface area contributed by atoms with Gasteiger partial charge in [-0.05, 0) is 30.5 Å². The van der Waals surface area contributed by atoms with Crippen molar-refractivity contribution in [3.05, 3.63) is 41.6 Å². The van der Waals surface area contributed by atoms with Crippen molar-refractivity contribution in [1.29, 1.82) is 5.26 Å². The molecule has 0 aliphatic heterocycles. The molecule has 0 bridgehead atoms. The number of methoxy groups -OCH3 is 1. The van der Waals surface area contributed by atoms with Crippen molar-refractivity contribution in [2.75, 3.05) is 17.7 Å². The standard InChI is InChI=1S/C17H17N7O/c1-25-14-6-2-11(3-7-14)10-23(13-4-5-13)17-22-16(19)21-15-12(8-18)9-20-24(15)17/h2-3,6-7,9,13H,4-5,10H2,1H3,(H2,19,21). The highest BCUT2D eigenvalue weighted by atomic mass is 16.5. The van der Waals surface area contributed by atoms with Gasteiger partial charge in [0.1, 0.15) is 17.4 Å². The van der Waals surface area contributed by atoms with Gasteiger partial charge in [0.05, 0.1) is 13.3 Å². The van der Waals surface area contributed by atoms with Crippen molar-refractivity contribution < 1.29 is 4.74 Å². The van der Waals surface area contributed by atoms with Crippen LogP contribution in [0.15, 0.2) is 30.5 Å².